The minimum atomic E-state index is -2.36. The highest BCUT2D eigenvalue weighted by Gasteiger charge is 2.42. The van der Waals surface area contributed by atoms with Crippen LogP contribution in [0, 0.1) is 11.8 Å². The third-order valence-electron chi connectivity index (χ3n) is 9.09. The molecular weight excluding hydrogens is 662 g/mol. The summed E-state index contributed by atoms with van der Waals surface area (Å²) >= 11 is 0. The number of amides is 3. The predicted octanol–water partition coefficient (Wildman–Crippen LogP) is 5.54. The maximum atomic E-state index is 14.2. The zero-order chi connectivity index (χ0) is 37.8. The monoisotopic (exact) mass is 715 g/mol. The Labute approximate surface area is 306 Å². The number of anilines is 1. The summed E-state index contributed by atoms with van der Waals surface area (Å²) in [6, 6.07) is 20.5. The van der Waals surface area contributed by atoms with Gasteiger partial charge in [0.1, 0.15) is 19.3 Å². The molecule has 0 aliphatic carbocycles. The number of esters is 1. The lowest BCUT2D eigenvalue weighted by Crippen LogP contribution is -2.60. The summed E-state index contributed by atoms with van der Waals surface area (Å²) in [4.78, 5) is 57.4. The van der Waals surface area contributed by atoms with Crippen molar-refractivity contribution in [2.24, 2.45) is 17.6 Å². The van der Waals surface area contributed by atoms with Crippen LogP contribution in [0.2, 0.25) is 0 Å². The molecule has 280 valence electrons. The number of ether oxygens (including phenoxy) is 2. The standard InChI is InChI=1S/C40H53N5O7/c1-6-28(4)24-51-38(48)40(50,21-13-14-27(2)3)43-36(46)34(42-39(49)52-25-30-15-8-7-9-16-30)22-32-23-44(37(47)29(5)41)26-45(32)35-20-12-18-31-17-10-11-19-33(31)35/h7-12,15-20,23,27-29,34,50H,6,13-14,21-22,24-26,41H2,1-5H3,(H,42,49)(H,43,46)/t28?,29-,34-,40?/m0/s1. The molecule has 1 aliphatic heterocycles. The molecule has 0 saturated carbocycles. The van der Waals surface area contributed by atoms with E-state index in [1.54, 1.807) is 25.3 Å². The molecule has 1 heterocycles. The number of nitrogens with two attached hydrogens (primary N) is 1. The van der Waals surface area contributed by atoms with Gasteiger partial charge in [-0.25, -0.2) is 9.59 Å². The Morgan fingerprint density at radius 2 is 1.63 bits per heavy atom. The summed E-state index contributed by atoms with van der Waals surface area (Å²) in [5, 5.41) is 18.8. The molecule has 0 radical (unpaired) electrons. The average Bonchev–Trinajstić information content (AvgIpc) is 3.55. The number of alkyl carbamates (subject to hydrolysis) is 1. The SMILES string of the molecule is CCC(C)COC(=O)C(O)(CCCC(C)C)NC(=O)[C@H](CC1=CN(C(=O)[C@H](C)N)CN1c1cccc2ccccc12)NC(=O)OCc1ccccc1. The van der Waals surface area contributed by atoms with Crippen LogP contribution in [-0.2, 0) is 30.5 Å². The second-order valence-corrected chi connectivity index (χ2v) is 14.0. The third kappa shape index (κ3) is 10.8. The molecule has 0 bridgehead atoms. The first-order chi connectivity index (χ1) is 24.8. The van der Waals surface area contributed by atoms with E-state index in [-0.39, 0.29) is 44.5 Å². The van der Waals surface area contributed by atoms with Gasteiger partial charge in [-0.15, -0.1) is 0 Å². The Kier molecular flexibility index (Phi) is 14.2. The molecule has 52 heavy (non-hydrogen) atoms. The van der Waals surface area contributed by atoms with Gasteiger partial charge in [-0.3, -0.25) is 14.5 Å². The Bertz CT molecular complexity index is 1710. The highest BCUT2D eigenvalue weighted by molar-refractivity contribution is 5.96. The molecule has 3 aromatic rings. The van der Waals surface area contributed by atoms with E-state index in [9.17, 15) is 24.3 Å². The van der Waals surface area contributed by atoms with E-state index in [0.717, 1.165) is 28.4 Å². The first-order valence-electron chi connectivity index (χ1n) is 18.0. The predicted molar refractivity (Wildman–Crippen MR) is 200 cm³/mol. The fraction of sp³-hybridized carbons (Fsp3) is 0.450. The zero-order valence-electron chi connectivity index (χ0n) is 30.8. The van der Waals surface area contributed by atoms with Crippen molar-refractivity contribution < 1.29 is 33.8 Å². The molecule has 0 spiro atoms. The number of nitrogens with zero attached hydrogens (tertiary/aromatic N) is 2. The van der Waals surface area contributed by atoms with Crippen molar-refractivity contribution in [2.45, 2.75) is 91.1 Å². The summed E-state index contributed by atoms with van der Waals surface area (Å²) < 4.78 is 11.0. The average molecular weight is 716 g/mol. The number of fused-ring (bicyclic) bond motifs is 1. The number of hydrogen-bond donors (Lipinski definition) is 4. The number of nitrogens with one attached hydrogen (secondary N) is 2. The van der Waals surface area contributed by atoms with E-state index in [0.29, 0.717) is 24.5 Å². The summed E-state index contributed by atoms with van der Waals surface area (Å²) in [6.07, 6.45) is 2.38. The van der Waals surface area contributed by atoms with Gasteiger partial charge in [-0.05, 0) is 42.2 Å². The fourth-order valence-corrected chi connectivity index (χ4v) is 5.82. The van der Waals surface area contributed by atoms with Crippen molar-refractivity contribution in [2.75, 3.05) is 18.2 Å². The lowest BCUT2D eigenvalue weighted by molar-refractivity contribution is -0.174. The molecule has 2 unspecified atom stereocenters. The number of hydrogen-bond acceptors (Lipinski definition) is 9. The molecule has 3 aromatic carbocycles. The van der Waals surface area contributed by atoms with Crippen molar-refractivity contribution in [3.63, 3.8) is 0 Å². The minimum absolute atomic E-state index is 0.0459. The Balaban J connectivity index is 1.68. The molecular formula is C40H53N5O7. The van der Waals surface area contributed by atoms with E-state index in [1.165, 1.54) is 4.90 Å². The van der Waals surface area contributed by atoms with E-state index >= 15 is 0 Å². The van der Waals surface area contributed by atoms with Crippen molar-refractivity contribution in [1.29, 1.82) is 0 Å². The van der Waals surface area contributed by atoms with Crippen molar-refractivity contribution in [1.82, 2.24) is 15.5 Å². The molecule has 4 rings (SSSR count). The van der Waals surface area contributed by atoms with Gasteiger partial charge in [-0.1, -0.05) is 107 Å². The van der Waals surface area contributed by atoms with Gasteiger partial charge < -0.3 is 35.8 Å². The van der Waals surface area contributed by atoms with Crippen LogP contribution in [0.15, 0.2) is 84.7 Å². The molecule has 3 amide bonds. The number of benzene rings is 3. The van der Waals surface area contributed by atoms with Gasteiger partial charge in [0.05, 0.1) is 18.3 Å². The minimum Gasteiger partial charge on any atom is -0.462 e. The van der Waals surface area contributed by atoms with Crippen molar-refractivity contribution in [3.8, 4) is 0 Å². The second kappa shape index (κ2) is 18.5. The smallest absolute Gasteiger partial charge is 0.408 e. The van der Waals surface area contributed by atoms with Gasteiger partial charge in [0, 0.05) is 30.1 Å². The second-order valence-electron chi connectivity index (χ2n) is 14.0. The van der Waals surface area contributed by atoms with Crippen LogP contribution < -0.4 is 21.3 Å². The molecule has 1 aliphatic rings. The summed E-state index contributed by atoms with van der Waals surface area (Å²) in [5.41, 5.74) is 5.66. The van der Waals surface area contributed by atoms with Gasteiger partial charge >= 0.3 is 12.1 Å². The van der Waals surface area contributed by atoms with Gasteiger partial charge in [-0.2, -0.15) is 0 Å². The van der Waals surface area contributed by atoms with Crippen LogP contribution >= 0.6 is 0 Å². The molecule has 0 fully saturated rings. The van der Waals surface area contributed by atoms with Crippen LogP contribution in [0.4, 0.5) is 10.5 Å². The number of carbonyl (C=O) groups excluding carboxylic acids is 4. The number of aliphatic hydroxyl groups is 1. The van der Waals surface area contributed by atoms with Crippen LogP contribution in [0.1, 0.15) is 72.3 Å². The molecule has 12 nitrogen and oxygen atoms in total. The van der Waals surface area contributed by atoms with Crippen LogP contribution in [0.25, 0.3) is 10.8 Å². The Morgan fingerprint density at radius 1 is 0.942 bits per heavy atom. The summed E-state index contributed by atoms with van der Waals surface area (Å²) in [5.74, 6) is -1.80. The number of rotatable bonds is 17. The maximum Gasteiger partial charge on any atom is 0.408 e. The quantitative estimate of drug-likeness (QED) is 0.104. The Hall–Kier alpha value is -4.94. The van der Waals surface area contributed by atoms with Gasteiger partial charge in [0.25, 0.3) is 0 Å². The summed E-state index contributed by atoms with van der Waals surface area (Å²) in [7, 11) is 0. The molecule has 0 saturated heterocycles. The van der Waals surface area contributed by atoms with Crippen molar-refractivity contribution >= 4 is 40.3 Å². The van der Waals surface area contributed by atoms with Gasteiger partial charge in [0.15, 0.2) is 0 Å². The lowest BCUT2D eigenvalue weighted by atomic mass is 9.99. The van der Waals surface area contributed by atoms with E-state index in [1.807, 2.05) is 93.3 Å². The van der Waals surface area contributed by atoms with Crippen LogP contribution in [0.3, 0.4) is 0 Å². The lowest BCUT2D eigenvalue weighted by Gasteiger charge is -2.31. The highest BCUT2D eigenvalue weighted by Crippen LogP contribution is 2.34. The van der Waals surface area contributed by atoms with Gasteiger partial charge in [0.2, 0.25) is 17.5 Å². The van der Waals surface area contributed by atoms with E-state index in [2.05, 4.69) is 10.6 Å². The molecule has 12 heteroatoms. The molecule has 5 N–H and O–H groups in total. The fourth-order valence-electron chi connectivity index (χ4n) is 5.82. The molecule has 0 aromatic heterocycles. The topological polar surface area (TPSA) is 164 Å². The largest absolute Gasteiger partial charge is 0.462 e. The van der Waals surface area contributed by atoms with E-state index < -0.39 is 35.8 Å². The Morgan fingerprint density at radius 3 is 2.33 bits per heavy atom. The molecule has 4 atom stereocenters. The van der Waals surface area contributed by atoms with Crippen molar-refractivity contribution in [3.05, 3.63) is 90.3 Å². The highest BCUT2D eigenvalue weighted by atomic mass is 16.6. The van der Waals surface area contributed by atoms with E-state index in [4.69, 9.17) is 15.2 Å². The normalized spacial score (nSPS) is 15.7. The van der Waals surface area contributed by atoms with Crippen LogP contribution in [0.5, 0.6) is 0 Å². The zero-order valence-corrected chi connectivity index (χ0v) is 30.8. The summed E-state index contributed by atoms with van der Waals surface area (Å²) in [6.45, 7) is 9.65. The third-order valence-corrected chi connectivity index (χ3v) is 9.09. The first kappa shape index (κ1) is 39.8. The maximum absolute atomic E-state index is 14.2. The number of carbonyl (C=O) groups is 4. The first-order valence-corrected chi connectivity index (χ1v) is 18.0. The van der Waals surface area contributed by atoms with Crippen LogP contribution in [-0.4, -0.2) is 65.0 Å².